The van der Waals surface area contributed by atoms with Crippen LogP contribution in [0.2, 0.25) is 0 Å². The molecule has 1 aliphatic carbocycles. The number of H-pyrrole nitrogens is 1. The molecule has 1 aliphatic rings. The van der Waals surface area contributed by atoms with Crippen LogP contribution in [0.4, 0.5) is 5.69 Å². The highest BCUT2D eigenvalue weighted by Crippen LogP contribution is 2.48. The standard InChI is InChI=1S/C24H27N3O2/c1-3-27(19-8-6-7-17(2)15-19)23(29)24(12-13-24)22(28)25-14-11-18-16-26-21-10-5-4-9-20(18)21/h4-10,15-16,26H,3,11-14H2,1-2H3,(H,25,28). The van der Waals surface area contributed by atoms with Gasteiger partial charge in [-0.15, -0.1) is 0 Å². The number of aromatic amines is 1. The summed E-state index contributed by atoms with van der Waals surface area (Å²) in [5, 5.41) is 4.19. The summed E-state index contributed by atoms with van der Waals surface area (Å²) in [6.07, 6.45) is 3.96. The van der Waals surface area contributed by atoms with Crippen molar-refractivity contribution in [2.45, 2.75) is 33.1 Å². The lowest BCUT2D eigenvalue weighted by Crippen LogP contribution is -2.45. The molecule has 5 heteroatoms. The first-order chi connectivity index (χ1) is 14.0. The zero-order valence-electron chi connectivity index (χ0n) is 17.0. The zero-order valence-corrected chi connectivity index (χ0v) is 17.0. The molecule has 3 aromatic rings. The van der Waals surface area contributed by atoms with Crippen molar-refractivity contribution in [2.24, 2.45) is 5.41 Å². The van der Waals surface area contributed by atoms with Gasteiger partial charge in [0.25, 0.3) is 0 Å². The Morgan fingerprint density at radius 3 is 2.66 bits per heavy atom. The van der Waals surface area contributed by atoms with Gasteiger partial charge < -0.3 is 15.2 Å². The molecule has 4 rings (SSSR count). The van der Waals surface area contributed by atoms with Crippen molar-refractivity contribution in [3.8, 4) is 0 Å². The number of amides is 2. The quantitative estimate of drug-likeness (QED) is 0.601. The number of para-hydroxylation sites is 1. The summed E-state index contributed by atoms with van der Waals surface area (Å²) in [4.78, 5) is 31.1. The summed E-state index contributed by atoms with van der Waals surface area (Å²) in [7, 11) is 0. The van der Waals surface area contributed by atoms with Crippen LogP contribution in [-0.2, 0) is 16.0 Å². The SMILES string of the molecule is CCN(C(=O)C1(C(=O)NCCc2c[nH]c3ccccc23)CC1)c1cccc(C)c1. The second-order valence-electron chi connectivity index (χ2n) is 7.84. The highest BCUT2D eigenvalue weighted by atomic mass is 16.2. The number of nitrogens with zero attached hydrogens (tertiary/aromatic N) is 1. The molecule has 0 atom stereocenters. The highest BCUT2D eigenvalue weighted by molar-refractivity contribution is 6.14. The minimum Gasteiger partial charge on any atom is -0.361 e. The maximum atomic E-state index is 13.2. The summed E-state index contributed by atoms with van der Waals surface area (Å²) in [6, 6.07) is 16.0. The van der Waals surface area contributed by atoms with Gasteiger partial charge in [0.15, 0.2) is 0 Å². The van der Waals surface area contributed by atoms with E-state index in [1.165, 1.54) is 10.9 Å². The molecule has 29 heavy (non-hydrogen) atoms. The number of nitrogens with one attached hydrogen (secondary N) is 2. The summed E-state index contributed by atoms with van der Waals surface area (Å²) < 4.78 is 0. The molecule has 0 bridgehead atoms. The van der Waals surface area contributed by atoms with Gasteiger partial charge in [0.1, 0.15) is 5.41 Å². The van der Waals surface area contributed by atoms with Crippen LogP contribution in [0.5, 0.6) is 0 Å². The number of benzene rings is 2. The molecule has 2 N–H and O–H groups in total. The van der Waals surface area contributed by atoms with Crippen LogP contribution in [0.15, 0.2) is 54.7 Å². The Hall–Kier alpha value is -3.08. The van der Waals surface area contributed by atoms with E-state index in [1.54, 1.807) is 4.90 Å². The van der Waals surface area contributed by atoms with Crippen molar-refractivity contribution in [3.05, 3.63) is 65.9 Å². The molecule has 0 aliphatic heterocycles. The van der Waals surface area contributed by atoms with Gasteiger partial charge in [0, 0.05) is 35.9 Å². The molecule has 1 aromatic heterocycles. The smallest absolute Gasteiger partial charge is 0.242 e. The van der Waals surface area contributed by atoms with E-state index in [0.717, 1.165) is 23.2 Å². The van der Waals surface area contributed by atoms with Crippen LogP contribution in [0.1, 0.15) is 30.9 Å². The molecule has 2 amide bonds. The number of aryl methyl sites for hydroxylation is 1. The van der Waals surface area contributed by atoms with Gasteiger partial charge in [-0.05, 0) is 62.4 Å². The van der Waals surface area contributed by atoms with Crippen LogP contribution in [0, 0.1) is 12.3 Å². The molecule has 0 spiro atoms. The third-order valence-corrected chi connectivity index (χ3v) is 5.82. The van der Waals surface area contributed by atoms with Gasteiger partial charge >= 0.3 is 0 Å². The third-order valence-electron chi connectivity index (χ3n) is 5.82. The first kappa shape index (κ1) is 19.2. The Labute approximate surface area is 171 Å². The van der Waals surface area contributed by atoms with Crippen molar-refractivity contribution in [3.63, 3.8) is 0 Å². The summed E-state index contributed by atoms with van der Waals surface area (Å²) in [6.45, 7) is 5.02. The van der Waals surface area contributed by atoms with Crippen molar-refractivity contribution in [2.75, 3.05) is 18.0 Å². The lowest BCUT2D eigenvalue weighted by Gasteiger charge is -2.26. The number of hydrogen-bond donors (Lipinski definition) is 2. The minimum absolute atomic E-state index is 0.0878. The molecule has 2 aromatic carbocycles. The first-order valence-corrected chi connectivity index (χ1v) is 10.3. The molecule has 0 saturated heterocycles. The number of carbonyl (C=O) groups is 2. The molecular weight excluding hydrogens is 362 g/mol. The second kappa shape index (κ2) is 7.74. The van der Waals surface area contributed by atoms with Gasteiger partial charge in [-0.3, -0.25) is 9.59 Å². The topological polar surface area (TPSA) is 65.2 Å². The van der Waals surface area contributed by atoms with E-state index in [-0.39, 0.29) is 11.8 Å². The fourth-order valence-corrected chi connectivity index (χ4v) is 3.98. The molecule has 1 fully saturated rings. The van der Waals surface area contributed by atoms with Gasteiger partial charge in [-0.25, -0.2) is 0 Å². The summed E-state index contributed by atoms with van der Waals surface area (Å²) in [5.74, 6) is -0.233. The normalized spacial score (nSPS) is 14.6. The predicted octanol–water partition coefficient (Wildman–Crippen LogP) is 3.97. The predicted molar refractivity (Wildman–Crippen MR) is 116 cm³/mol. The number of fused-ring (bicyclic) bond motifs is 1. The fraction of sp³-hybridized carbons (Fsp3) is 0.333. The van der Waals surface area contributed by atoms with E-state index in [0.29, 0.717) is 25.9 Å². The fourth-order valence-electron chi connectivity index (χ4n) is 3.98. The lowest BCUT2D eigenvalue weighted by molar-refractivity contribution is -0.135. The number of rotatable bonds is 7. The molecule has 150 valence electrons. The van der Waals surface area contributed by atoms with Crippen LogP contribution in [0.3, 0.4) is 0 Å². The molecule has 1 saturated carbocycles. The Morgan fingerprint density at radius 2 is 1.93 bits per heavy atom. The summed E-state index contributed by atoms with van der Waals surface area (Å²) in [5.41, 5.74) is 3.32. The minimum atomic E-state index is -0.903. The molecule has 0 unspecified atom stereocenters. The highest BCUT2D eigenvalue weighted by Gasteiger charge is 2.57. The molecule has 1 heterocycles. The molecule has 0 radical (unpaired) electrons. The van der Waals surface area contributed by atoms with Crippen molar-refractivity contribution < 1.29 is 9.59 Å². The second-order valence-corrected chi connectivity index (χ2v) is 7.84. The van der Waals surface area contributed by atoms with Crippen LogP contribution >= 0.6 is 0 Å². The van der Waals surface area contributed by atoms with Crippen LogP contribution < -0.4 is 10.2 Å². The Kier molecular flexibility index (Phi) is 5.14. The number of carbonyl (C=O) groups excluding carboxylic acids is 2. The van der Waals surface area contributed by atoms with Crippen molar-refractivity contribution in [1.29, 1.82) is 0 Å². The van der Waals surface area contributed by atoms with E-state index >= 15 is 0 Å². The van der Waals surface area contributed by atoms with Gasteiger partial charge in [0.05, 0.1) is 0 Å². The Bertz CT molecular complexity index is 1050. The maximum absolute atomic E-state index is 13.2. The van der Waals surface area contributed by atoms with Gasteiger partial charge in [-0.2, -0.15) is 0 Å². The monoisotopic (exact) mass is 389 g/mol. The average Bonchev–Trinajstić information content (AvgIpc) is 3.45. The van der Waals surface area contributed by atoms with Crippen molar-refractivity contribution >= 4 is 28.4 Å². The van der Waals surface area contributed by atoms with Crippen molar-refractivity contribution in [1.82, 2.24) is 10.3 Å². The van der Waals surface area contributed by atoms with E-state index in [9.17, 15) is 9.59 Å². The average molecular weight is 389 g/mol. The van der Waals surface area contributed by atoms with E-state index in [1.807, 2.05) is 62.5 Å². The molecular formula is C24H27N3O2. The number of hydrogen-bond acceptors (Lipinski definition) is 2. The van der Waals surface area contributed by atoms with E-state index < -0.39 is 5.41 Å². The lowest BCUT2D eigenvalue weighted by atomic mass is 10.0. The number of anilines is 1. The van der Waals surface area contributed by atoms with Gasteiger partial charge in [-0.1, -0.05) is 30.3 Å². The zero-order chi connectivity index (χ0) is 20.4. The maximum Gasteiger partial charge on any atom is 0.242 e. The Balaban J connectivity index is 1.41. The summed E-state index contributed by atoms with van der Waals surface area (Å²) >= 11 is 0. The third kappa shape index (κ3) is 3.65. The molecule has 5 nitrogen and oxygen atoms in total. The van der Waals surface area contributed by atoms with E-state index in [4.69, 9.17) is 0 Å². The van der Waals surface area contributed by atoms with Gasteiger partial charge in [0.2, 0.25) is 11.8 Å². The van der Waals surface area contributed by atoms with Crippen LogP contribution in [0.25, 0.3) is 10.9 Å². The largest absolute Gasteiger partial charge is 0.361 e. The first-order valence-electron chi connectivity index (χ1n) is 10.3. The number of aromatic nitrogens is 1. The van der Waals surface area contributed by atoms with E-state index in [2.05, 4.69) is 16.4 Å². The van der Waals surface area contributed by atoms with Crippen LogP contribution in [-0.4, -0.2) is 29.9 Å². The Morgan fingerprint density at radius 1 is 1.14 bits per heavy atom.